The molecule has 0 aromatic carbocycles. The van der Waals surface area contributed by atoms with E-state index in [2.05, 4.69) is 4.74 Å². The molecular weight excluding hydrogens is 186 g/mol. The number of aliphatic hydroxyl groups is 1. The molecule has 0 aromatic rings. The van der Waals surface area contributed by atoms with Gasteiger partial charge < -0.3 is 14.6 Å². The Hall–Kier alpha value is -0.650. The molecule has 0 bridgehead atoms. The Labute approximate surface area is 83.6 Å². The maximum Gasteiger partial charge on any atom is 0.336 e. The number of methoxy groups -OCH3 is 1. The maximum atomic E-state index is 11.2. The minimum absolute atomic E-state index is 0.347. The van der Waals surface area contributed by atoms with Crippen molar-refractivity contribution in [2.24, 2.45) is 0 Å². The minimum Gasteiger partial charge on any atom is -0.467 e. The Kier molecular flexibility index (Phi) is 4.31. The number of β-amino-alcohol motifs (C(OH)–C–C–N with tert-alkyl or cyclic N) is 1. The van der Waals surface area contributed by atoms with Gasteiger partial charge in [0, 0.05) is 19.6 Å². The second-order valence-electron chi connectivity index (χ2n) is 3.49. The van der Waals surface area contributed by atoms with Gasteiger partial charge in [0.1, 0.15) is 0 Å². The van der Waals surface area contributed by atoms with E-state index in [4.69, 9.17) is 4.74 Å². The fourth-order valence-corrected chi connectivity index (χ4v) is 1.52. The highest BCUT2D eigenvalue weighted by molar-refractivity contribution is 5.74. The molecule has 0 radical (unpaired) electrons. The summed E-state index contributed by atoms with van der Waals surface area (Å²) in [6.45, 7) is 4.04. The molecule has 0 saturated carbocycles. The quantitative estimate of drug-likeness (QED) is 0.611. The third-order valence-corrected chi connectivity index (χ3v) is 2.14. The Morgan fingerprint density at radius 2 is 2.50 bits per heavy atom. The first-order valence-corrected chi connectivity index (χ1v) is 4.73. The SMILES string of the molecule is COC(=O)C1CN(CC(C)O)CCO1. The van der Waals surface area contributed by atoms with Crippen LogP contribution in [0.15, 0.2) is 0 Å². The number of hydrogen-bond donors (Lipinski definition) is 1. The second-order valence-corrected chi connectivity index (χ2v) is 3.49. The van der Waals surface area contributed by atoms with Crippen LogP contribution in [0.3, 0.4) is 0 Å². The molecule has 1 saturated heterocycles. The fraction of sp³-hybridized carbons (Fsp3) is 0.889. The molecule has 2 atom stereocenters. The van der Waals surface area contributed by atoms with Crippen molar-refractivity contribution in [2.45, 2.75) is 19.1 Å². The summed E-state index contributed by atoms with van der Waals surface area (Å²) < 4.78 is 9.83. The van der Waals surface area contributed by atoms with Crippen LogP contribution in [0, 0.1) is 0 Å². The van der Waals surface area contributed by atoms with E-state index in [1.807, 2.05) is 4.90 Å². The maximum absolute atomic E-state index is 11.2. The zero-order valence-corrected chi connectivity index (χ0v) is 8.60. The summed E-state index contributed by atoms with van der Waals surface area (Å²) in [5, 5.41) is 9.19. The molecule has 0 aliphatic carbocycles. The van der Waals surface area contributed by atoms with Gasteiger partial charge in [0.2, 0.25) is 0 Å². The summed E-state index contributed by atoms with van der Waals surface area (Å²) >= 11 is 0. The largest absolute Gasteiger partial charge is 0.467 e. The Bertz CT molecular complexity index is 195. The van der Waals surface area contributed by atoms with Crippen LogP contribution in [0.5, 0.6) is 0 Å². The molecule has 1 N–H and O–H groups in total. The molecule has 0 aromatic heterocycles. The molecule has 2 unspecified atom stereocenters. The number of aliphatic hydroxyl groups excluding tert-OH is 1. The van der Waals surface area contributed by atoms with E-state index >= 15 is 0 Å². The first kappa shape index (κ1) is 11.4. The number of nitrogens with zero attached hydrogens (tertiary/aromatic N) is 1. The van der Waals surface area contributed by atoms with E-state index in [1.54, 1.807) is 6.92 Å². The zero-order chi connectivity index (χ0) is 10.6. The van der Waals surface area contributed by atoms with Crippen LogP contribution >= 0.6 is 0 Å². The lowest BCUT2D eigenvalue weighted by atomic mass is 10.2. The van der Waals surface area contributed by atoms with E-state index in [-0.39, 0.29) is 12.1 Å². The van der Waals surface area contributed by atoms with E-state index < -0.39 is 6.10 Å². The van der Waals surface area contributed by atoms with Crippen LogP contribution in [-0.4, -0.2) is 61.5 Å². The summed E-state index contributed by atoms with van der Waals surface area (Å²) in [6.07, 6.45) is -0.890. The molecule has 1 aliphatic rings. The molecule has 1 fully saturated rings. The monoisotopic (exact) mass is 203 g/mol. The van der Waals surface area contributed by atoms with Crippen molar-refractivity contribution in [3.05, 3.63) is 0 Å². The summed E-state index contributed by atoms with van der Waals surface area (Å²) in [6, 6.07) is 0. The van der Waals surface area contributed by atoms with Gasteiger partial charge in [0.15, 0.2) is 6.10 Å². The lowest BCUT2D eigenvalue weighted by molar-refractivity contribution is -0.160. The first-order valence-electron chi connectivity index (χ1n) is 4.73. The van der Waals surface area contributed by atoms with Crippen molar-refractivity contribution in [2.75, 3.05) is 33.4 Å². The summed E-state index contributed by atoms with van der Waals surface area (Å²) in [7, 11) is 1.35. The number of rotatable bonds is 3. The van der Waals surface area contributed by atoms with E-state index in [1.165, 1.54) is 7.11 Å². The third kappa shape index (κ3) is 3.25. The summed E-state index contributed by atoms with van der Waals surface area (Å²) in [5.74, 6) is -0.347. The average Bonchev–Trinajstić information content (AvgIpc) is 2.16. The average molecular weight is 203 g/mol. The molecule has 1 rings (SSSR count). The fourth-order valence-electron chi connectivity index (χ4n) is 1.52. The van der Waals surface area contributed by atoms with E-state index in [9.17, 15) is 9.90 Å². The Morgan fingerprint density at radius 1 is 1.79 bits per heavy atom. The number of carbonyl (C=O) groups is 1. The van der Waals surface area contributed by atoms with Gasteiger partial charge in [-0.3, -0.25) is 4.90 Å². The molecule has 14 heavy (non-hydrogen) atoms. The number of esters is 1. The molecule has 0 spiro atoms. The van der Waals surface area contributed by atoms with Crippen molar-refractivity contribution >= 4 is 5.97 Å². The molecule has 5 nitrogen and oxygen atoms in total. The van der Waals surface area contributed by atoms with Crippen molar-refractivity contribution in [1.82, 2.24) is 4.90 Å². The van der Waals surface area contributed by atoms with Crippen LogP contribution in [-0.2, 0) is 14.3 Å². The lowest BCUT2D eigenvalue weighted by Gasteiger charge is -2.31. The second kappa shape index (κ2) is 5.29. The van der Waals surface area contributed by atoms with Gasteiger partial charge in [-0.25, -0.2) is 4.79 Å². The van der Waals surface area contributed by atoms with Crippen molar-refractivity contribution in [1.29, 1.82) is 0 Å². The Balaban J connectivity index is 2.39. The van der Waals surface area contributed by atoms with Gasteiger partial charge in [-0.05, 0) is 6.92 Å². The van der Waals surface area contributed by atoms with Crippen LogP contribution in [0.1, 0.15) is 6.92 Å². The molecule has 0 amide bonds. The van der Waals surface area contributed by atoms with Gasteiger partial charge in [0.25, 0.3) is 0 Å². The van der Waals surface area contributed by atoms with E-state index in [0.717, 1.165) is 6.54 Å². The highest BCUT2D eigenvalue weighted by Gasteiger charge is 2.27. The summed E-state index contributed by atoms with van der Waals surface area (Å²) in [4.78, 5) is 13.2. The van der Waals surface area contributed by atoms with Crippen LogP contribution in [0.4, 0.5) is 0 Å². The number of ether oxygens (including phenoxy) is 2. The highest BCUT2D eigenvalue weighted by atomic mass is 16.6. The molecule has 5 heteroatoms. The molecule has 1 heterocycles. The molecular formula is C9H17NO4. The zero-order valence-electron chi connectivity index (χ0n) is 8.60. The van der Waals surface area contributed by atoms with Gasteiger partial charge in [-0.15, -0.1) is 0 Å². The van der Waals surface area contributed by atoms with Crippen molar-refractivity contribution in [3.63, 3.8) is 0 Å². The topological polar surface area (TPSA) is 59.0 Å². The van der Waals surface area contributed by atoms with Gasteiger partial charge >= 0.3 is 5.97 Å². The Morgan fingerprint density at radius 3 is 3.07 bits per heavy atom. The van der Waals surface area contributed by atoms with Gasteiger partial charge in [-0.2, -0.15) is 0 Å². The van der Waals surface area contributed by atoms with Gasteiger partial charge in [-0.1, -0.05) is 0 Å². The van der Waals surface area contributed by atoms with Crippen LogP contribution < -0.4 is 0 Å². The van der Waals surface area contributed by atoms with Crippen LogP contribution in [0.25, 0.3) is 0 Å². The third-order valence-electron chi connectivity index (χ3n) is 2.14. The minimum atomic E-state index is -0.507. The predicted octanol–water partition coefficient (Wildman–Crippen LogP) is -0.759. The smallest absolute Gasteiger partial charge is 0.336 e. The normalized spacial score (nSPS) is 25.8. The van der Waals surface area contributed by atoms with E-state index in [0.29, 0.717) is 19.7 Å². The van der Waals surface area contributed by atoms with Crippen LogP contribution in [0.2, 0.25) is 0 Å². The number of carbonyl (C=O) groups excluding carboxylic acids is 1. The lowest BCUT2D eigenvalue weighted by Crippen LogP contribution is -2.48. The first-order chi connectivity index (χ1) is 6.63. The van der Waals surface area contributed by atoms with Crippen molar-refractivity contribution < 1.29 is 19.4 Å². The van der Waals surface area contributed by atoms with Gasteiger partial charge in [0.05, 0.1) is 19.8 Å². The van der Waals surface area contributed by atoms with Crippen molar-refractivity contribution in [3.8, 4) is 0 Å². The summed E-state index contributed by atoms with van der Waals surface area (Å²) in [5.41, 5.74) is 0. The highest BCUT2D eigenvalue weighted by Crippen LogP contribution is 2.07. The molecule has 1 aliphatic heterocycles. The standard InChI is InChI=1S/C9H17NO4/c1-7(11)5-10-3-4-14-8(6-10)9(12)13-2/h7-8,11H,3-6H2,1-2H3. The molecule has 82 valence electrons. The predicted molar refractivity (Wildman–Crippen MR) is 49.9 cm³/mol. The number of morpholine rings is 1. The number of hydrogen-bond acceptors (Lipinski definition) is 5.